The van der Waals surface area contributed by atoms with Crippen LogP contribution >= 0.6 is 0 Å². The van der Waals surface area contributed by atoms with E-state index in [0.717, 1.165) is 30.8 Å². The largest absolute Gasteiger partial charge is 0.369 e. The van der Waals surface area contributed by atoms with Crippen molar-refractivity contribution in [2.75, 3.05) is 26.2 Å². The van der Waals surface area contributed by atoms with E-state index in [1.54, 1.807) is 16.8 Å². The highest BCUT2D eigenvalue weighted by atomic mass is 16.2. The summed E-state index contributed by atoms with van der Waals surface area (Å²) in [5.41, 5.74) is 6.80. The summed E-state index contributed by atoms with van der Waals surface area (Å²) in [5.74, 6) is 0.971. The summed E-state index contributed by atoms with van der Waals surface area (Å²) in [7, 11) is 1.84. The molecule has 1 aromatic carbocycles. The van der Waals surface area contributed by atoms with Gasteiger partial charge in [-0.15, -0.1) is 0 Å². The summed E-state index contributed by atoms with van der Waals surface area (Å²) in [6.45, 7) is 4.72. The molecule has 0 bridgehead atoms. The predicted molar refractivity (Wildman–Crippen MR) is 102 cm³/mol. The third-order valence-electron chi connectivity index (χ3n) is 4.99. The van der Waals surface area contributed by atoms with Crippen LogP contribution in [0, 0.1) is 12.8 Å². The van der Waals surface area contributed by atoms with Crippen molar-refractivity contribution in [2.24, 2.45) is 18.7 Å². The van der Waals surface area contributed by atoms with Crippen LogP contribution in [-0.4, -0.2) is 57.7 Å². The van der Waals surface area contributed by atoms with Gasteiger partial charge in [0.25, 0.3) is 5.91 Å². The third-order valence-corrected chi connectivity index (χ3v) is 4.99. The molecule has 0 spiro atoms. The molecule has 1 saturated heterocycles. The summed E-state index contributed by atoms with van der Waals surface area (Å²) in [5, 5.41) is 7.30. The van der Waals surface area contributed by atoms with Crippen molar-refractivity contribution in [2.45, 2.75) is 19.8 Å². The Bertz CT molecular complexity index is 812. The zero-order valence-electron chi connectivity index (χ0n) is 15.8. The third kappa shape index (κ3) is 4.71. The molecular formula is C19H26N6O2. The maximum absolute atomic E-state index is 12.5. The Balaban J connectivity index is 1.55. The molecule has 2 amide bonds. The first kappa shape index (κ1) is 19.0. The van der Waals surface area contributed by atoms with Crippen LogP contribution in [0.15, 0.2) is 24.3 Å². The van der Waals surface area contributed by atoms with E-state index in [1.807, 2.05) is 26.1 Å². The molecule has 0 radical (unpaired) electrons. The van der Waals surface area contributed by atoms with Crippen molar-refractivity contribution < 1.29 is 9.59 Å². The smallest absolute Gasteiger partial charge is 0.251 e. The monoisotopic (exact) mass is 370 g/mol. The predicted octanol–water partition coefficient (Wildman–Crippen LogP) is 0.718. The van der Waals surface area contributed by atoms with Crippen molar-refractivity contribution in [3.05, 3.63) is 35.7 Å². The molecule has 1 aliphatic heterocycles. The van der Waals surface area contributed by atoms with Crippen LogP contribution in [0.1, 0.15) is 29.0 Å². The first-order valence-corrected chi connectivity index (χ1v) is 9.22. The second-order valence-corrected chi connectivity index (χ2v) is 6.99. The lowest BCUT2D eigenvalue weighted by Crippen LogP contribution is -2.44. The first-order valence-electron chi connectivity index (χ1n) is 9.22. The number of amides is 2. The summed E-state index contributed by atoms with van der Waals surface area (Å²) < 4.78 is 1.71. The topological polar surface area (TPSA) is 106 Å². The average Bonchev–Trinajstić information content (AvgIpc) is 3.01. The highest BCUT2D eigenvalue weighted by molar-refractivity contribution is 5.95. The fourth-order valence-corrected chi connectivity index (χ4v) is 3.30. The Morgan fingerprint density at radius 2 is 2.19 bits per heavy atom. The Hall–Kier alpha value is -2.74. The van der Waals surface area contributed by atoms with Gasteiger partial charge in [-0.25, -0.2) is 4.98 Å². The molecule has 3 N–H and O–H groups in total. The number of aryl methyl sites for hydroxylation is 2. The van der Waals surface area contributed by atoms with E-state index in [1.165, 1.54) is 0 Å². The minimum absolute atomic E-state index is 0.0829. The Morgan fingerprint density at radius 3 is 2.89 bits per heavy atom. The van der Waals surface area contributed by atoms with Crippen molar-refractivity contribution in [3.63, 3.8) is 0 Å². The number of carbonyl (C=O) groups excluding carboxylic acids is 2. The normalized spacial score (nSPS) is 17.6. The molecule has 1 atom stereocenters. The van der Waals surface area contributed by atoms with E-state index in [2.05, 4.69) is 20.3 Å². The van der Waals surface area contributed by atoms with E-state index in [-0.39, 0.29) is 17.7 Å². The second kappa shape index (κ2) is 8.30. The van der Waals surface area contributed by atoms with Crippen LogP contribution in [0.25, 0.3) is 11.4 Å². The van der Waals surface area contributed by atoms with Gasteiger partial charge in [0.05, 0.1) is 5.92 Å². The zero-order chi connectivity index (χ0) is 19.4. The summed E-state index contributed by atoms with van der Waals surface area (Å²) in [6.07, 6.45) is 1.81. The van der Waals surface area contributed by atoms with Gasteiger partial charge in [0.2, 0.25) is 5.91 Å². The van der Waals surface area contributed by atoms with Gasteiger partial charge in [0.15, 0.2) is 5.82 Å². The number of benzene rings is 1. The van der Waals surface area contributed by atoms with Crippen LogP contribution in [0.3, 0.4) is 0 Å². The number of piperidine rings is 1. The van der Waals surface area contributed by atoms with Gasteiger partial charge >= 0.3 is 0 Å². The summed E-state index contributed by atoms with van der Waals surface area (Å²) in [6, 6.07) is 7.30. The number of nitrogens with zero attached hydrogens (tertiary/aromatic N) is 4. The molecule has 0 unspecified atom stereocenters. The van der Waals surface area contributed by atoms with E-state index in [0.29, 0.717) is 31.0 Å². The van der Waals surface area contributed by atoms with Gasteiger partial charge < -0.3 is 16.0 Å². The summed E-state index contributed by atoms with van der Waals surface area (Å²) >= 11 is 0. The number of aromatic nitrogens is 3. The molecule has 8 heteroatoms. The first-order chi connectivity index (χ1) is 12.9. The van der Waals surface area contributed by atoms with Crippen LogP contribution in [-0.2, 0) is 11.8 Å². The van der Waals surface area contributed by atoms with Crippen molar-refractivity contribution in [3.8, 4) is 11.4 Å². The quantitative estimate of drug-likeness (QED) is 0.779. The molecule has 1 aliphatic rings. The summed E-state index contributed by atoms with van der Waals surface area (Å²) in [4.78, 5) is 30.4. The standard InChI is InChI=1S/C19H26N6O2/c1-13-22-18(23-24(13)2)14-5-3-6-15(11-14)19(27)21-8-10-25-9-4-7-16(12-25)17(20)26/h3,5-6,11,16H,4,7-10,12H2,1-2H3,(H2,20,26)(H,21,27)/t16-/m1/s1. The average molecular weight is 370 g/mol. The van der Waals surface area contributed by atoms with E-state index in [9.17, 15) is 9.59 Å². The molecule has 0 saturated carbocycles. The molecule has 8 nitrogen and oxygen atoms in total. The minimum atomic E-state index is -0.237. The Labute approximate surface area is 158 Å². The van der Waals surface area contributed by atoms with Crippen molar-refractivity contribution in [1.29, 1.82) is 0 Å². The molecule has 3 rings (SSSR count). The van der Waals surface area contributed by atoms with E-state index in [4.69, 9.17) is 5.73 Å². The molecule has 27 heavy (non-hydrogen) atoms. The van der Waals surface area contributed by atoms with Crippen LogP contribution in [0.2, 0.25) is 0 Å². The molecular weight excluding hydrogens is 344 g/mol. The Morgan fingerprint density at radius 1 is 1.37 bits per heavy atom. The maximum atomic E-state index is 12.5. The minimum Gasteiger partial charge on any atom is -0.369 e. The van der Waals surface area contributed by atoms with Gasteiger partial charge in [0.1, 0.15) is 5.82 Å². The van der Waals surface area contributed by atoms with Gasteiger partial charge in [-0.2, -0.15) is 5.10 Å². The fourth-order valence-electron chi connectivity index (χ4n) is 3.30. The number of hydrogen-bond donors (Lipinski definition) is 2. The lowest BCUT2D eigenvalue weighted by Gasteiger charge is -2.31. The zero-order valence-corrected chi connectivity index (χ0v) is 15.8. The van der Waals surface area contributed by atoms with Crippen molar-refractivity contribution in [1.82, 2.24) is 25.0 Å². The Kier molecular flexibility index (Phi) is 5.85. The number of nitrogens with one attached hydrogen (secondary N) is 1. The maximum Gasteiger partial charge on any atom is 0.251 e. The number of rotatable bonds is 6. The highest BCUT2D eigenvalue weighted by Crippen LogP contribution is 2.17. The molecule has 144 valence electrons. The van der Waals surface area contributed by atoms with Crippen molar-refractivity contribution >= 4 is 11.8 Å². The fraction of sp³-hybridized carbons (Fsp3) is 0.474. The molecule has 0 aliphatic carbocycles. The molecule has 1 fully saturated rings. The van der Waals surface area contributed by atoms with Gasteiger partial charge in [-0.1, -0.05) is 12.1 Å². The number of carbonyl (C=O) groups is 2. The van der Waals surface area contributed by atoms with Gasteiger partial charge in [-0.3, -0.25) is 14.3 Å². The van der Waals surface area contributed by atoms with Crippen LogP contribution < -0.4 is 11.1 Å². The van der Waals surface area contributed by atoms with E-state index < -0.39 is 0 Å². The number of primary amides is 1. The van der Waals surface area contributed by atoms with Gasteiger partial charge in [0, 0.05) is 37.8 Å². The lowest BCUT2D eigenvalue weighted by atomic mass is 9.97. The lowest BCUT2D eigenvalue weighted by molar-refractivity contribution is -0.123. The number of hydrogen-bond acceptors (Lipinski definition) is 5. The number of likely N-dealkylation sites (tertiary alicyclic amines) is 1. The second-order valence-electron chi connectivity index (χ2n) is 6.99. The molecule has 2 heterocycles. The highest BCUT2D eigenvalue weighted by Gasteiger charge is 2.23. The van der Waals surface area contributed by atoms with Crippen LogP contribution in [0.5, 0.6) is 0 Å². The molecule has 1 aromatic heterocycles. The SMILES string of the molecule is Cc1nc(-c2cccc(C(=O)NCCN3CCC[C@@H](C(N)=O)C3)c2)nn1C. The van der Waals surface area contributed by atoms with Gasteiger partial charge in [-0.05, 0) is 38.4 Å². The van der Waals surface area contributed by atoms with E-state index >= 15 is 0 Å². The number of nitrogens with two attached hydrogens (primary N) is 1. The molecule has 2 aromatic rings. The van der Waals surface area contributed by atoms with Crippen LogP contribution in [0.4, 0.5) is 0 Å².